The standard InChI is InChI=1S/C19H26O2/c1-12(2)19(21-3)9-5-14-11-18-16(14)7-4-13-10-15(20)6-8-17(13)18/h4,7,14-15,19-20H,1,5-6,8-11H2,2-3H3. The van der Waals surface area contributed by atoms with Crippen molar-refractivity contribution >= 4 is 0 Å². The van der Waals surface area contributed by atoms with Crippen molar-refractivity contribution in [3.63, 3.8) is 0 Å². The van der Waals surface area contributed by atoms with Crippen molar-refractivity contribution < 1.29 is 9.84 Å². The van der Waals surface area contributed by atoms with Crippen molar-refractivity contribution in [1.82, 2.24) is 0 Å². The first-order valence-corrected chi connectivity index (χ1v) is 8.10. The molecule has 0 heterocycles. The first-order chi connectivity index (χ1) is 10.1. The van der Waals surface area contributed by atoms with Gasteiger partial charge >= 0.3 is 0 Å². The van der Waals surface area contributed by atoms with E-state index in [0.717, 1.165) is 31.3 Å². The summed E-state index contributed by atoms with van der Waals surface area (Å²) in [6.45, 7) is 6.05. The highest BCUT2D eigenvalue weighted by atomic mass is 16.5. The molecule has 0 radical (unpaired) electrons. The van der Waals surface area contributed by atoms with E-state index in [9.17, 15) is 5.11 Å². The predicted octanol–water partition coefficient (Wildman–Crippen LogP) is 3.55. The van der Waals surface area contributed by atoms with Gasteiger partial charge in [0.15, 0.2) is 0 Å². The molecule has 3 atom stereocenters. The number of rotatable bonds is 5. The number of aliphatic hydroxyl groups excluding tert-OH is 1. The van der Waals surface area contributed by atoms with Crippen LogP contribution in [0.15, 0.2) is 24.3 Å². The number of fused-ring (bicyclic) bond motifs is 3. The minimum absolute atomic E-state index is 0.135. The molecular formula is C19H26O2. The average Bonchev–Trinajstić information content (AvgIpc) is 2.42. The first-order valence-electron chi connectivity index (χ1n) is 8.10. The summed E-state index contributed by atoms with van der Waals surface area (Å²) >= 11 is 0. The Kier molecular flexibility index (Phi) is 4.19. The van der Waals surface area contributed by atoms with E-state index < -0.39 is 0 Å². The molecule has 2 nitrogen and oxygen atoms in total. The lowest BCUT2D eigenvalue weighted by atomic mass is 9.69. The fourth-order valence-corrected chi connectivity index (χ4v) is 3.95. The van der Waals surface area contributed by atoms with Crippen molar-refractivity contribution in [1.29, 1.82) is 0 Å². The summed E-state index contributed by atoms with van der Waals surface area (Å²) in [6.07, 6.45) is 6.33. The number of hydrogen-bond donors (Lipinski definition) is 1. The van der Waals surface area contributed by atoms with Gasteiger partial charge in [0.1, 0.15) is 0 Å². The molecule has 3 rings (SSSR count). The zero-order valence-electron chi connectivity index (χ0n) is 13.2. The smallest absolute Gasteiger partial charge is 0.0776 e. The van der Waals surface area contributed by atoms with Crippen LogP contribution in [-0.2, 0) is 24.0 Å². The second-order valence-electron chi connectivity index (χ2n) is 6.72. The maximum Gasteiger partial charge on any atom is 0.0776 e. The third-order valence-electron chi connectivity index (χ3n) is 5.25. The maximum absolute atomic E-state index is 9.79. The van der Waals surface area contributed by atoms with Crippen LogP contribution in [0.1, 0.15) is 54.4 Å². The van der Waals surface area contributed by atoms with Crippen molar-refractivity contribution in [2.24, 2.45) is 0 Å². The molecule has 0 saturated heterocycles. The van der Waals surface area contributed by atoms with E-state index in [1.165, 1.54) is 24.0 Å². The van der Waals surface area contributed by atoms with Gasteiger partial charge in [-0.15, -0.1) is 0 Å². The van der Waals surface area contributed by atoms with Crippen LogP contribution in [0.25, 0.3) is 0 Å². The van der Waals surface area contributed by atoms with E-state index in [4.69, 9.17) is 4.74 Å². The lowest BCUT2D eigenvalue weighted by Gasteiger charge is -2.36. The summed E-state index contributed by atoms with van der Waals surface area (Å²) in [7, 11) is 1.77. The Hall–Kier alpha value is -1.12. The highest BCUT2D eigenvalue weighted by Crippen LogP contribution is 2.43. The van der Waals surface area contributed by atoms with Crippen LogP contribution in [0.5, 0.6) is 0 Å². The zero-order valence-corrected chi connectivity index (χ0v) is 13.2. The molecule has 114 valence electrons. The summed E-state index contributed by atoms with van der Waals surface area (Å²) in [5.74, 6) is 0.689. The molecule has 1 N–H and O–H groups in total. The fourth-order valence-electron chi connectivity index (χ4n) is 3.95. The van der Waals surface area contributed by atoms with Crippen LogP contribution in [-0.4, -0.2) is 24.4 Å². The number of benzene rings is 1. The van der Waals surface area contributed by atoms with Gasteiger partial charge in [0, 0.05) is 7.11 Å². The van der Waals surface area contributed by atoms with Gasteiger partial charge in [0.2, 0.25) is 0 Å². The predicted molar refractivity (Wildman–Crippen MR) is 85.8 cm³/mol. The van der Waals surface area contributed by atoms with E-state index in [1.807, 2.05) is 6.92 Å². The van der Waals surface area contributed by atoms with Crippen LogP contribution in [0.3, 0.4) is 0 Å². The molecule has 1 aromatic carbocycles. The zero-order chi connectivity index (χ0) is 15.0. The van der Waals surface area contributed by atoms with E-state index in [0.29, 0.717) is 5.92 Å². The summed E-state index contributed by atoms with van der Waals surface area (Å²) in [5.41, 5.74) is 7.16. The molecule has 3 unspecified atom stereocenters. The first kappa shape index (κ1) is 14.8. The Bertz CT molecular complexity index is 547. The van der Waals surface area contributed by atoms with Crippen LogP contribution in [0.4, 0.5) is 0 Å². The molecule has 1 aromatic rings. The minimum Gasteiger partial charge on any atom is -0.393 e. The molecule has 2 aliphatic carbocycles. The van der Waals surface area contributed by atoms with Gasteiger partial charge in [-0.25, -0.2) is 0 Å². The van der Waals surface area contributed by atoms with Crippen LogP contribution < -0.4 is 0 Å². The van der Waals surface area contributed by atoms with E-state index in [-0.39, 0.29) is 12.2 Å². The molecule has 0 fully saturated rings. The van der Waals surface area contributed by atoms with Crippen LogP contribution >= 0.6 is 0 Å². The highest BCUT2D eigenvalue weighted by Gasteiger charge is 2.31. The van der Waals surface area contributed by atoms with Crippen LogP contribution in [0.2, 0.25) is 0 Å². The monoisotopic (exact) mass is 286 g/mol. The summed E-state index contributed by atoms with van der Waals surface area (Å²) in [6, 6.07) is 4.54. The number of hydrogen-bond acceptors (Lipinski definition) is 2. The lowest BCUT2D eigenvalue weighted by Crippen LogP contribution is -2.26. The van der Waals surface area contributed by atoms with Gasteiger partial charge in [-0.2, -0.15) is 0 Å². The summed E-state index contributed by atoms with van der Waals surface area (Å²) < 4.78 is 5.49. The van der Waals surface area contributed by atoms with Crippen molar-refractivity contribution in [2.45, 2.75) is 63.6 Å². The third kappa shape index (κ3) is 2.79. The molecule has 2 aliphatic rings. The SMILES string of the molecule is C=C(C)C(CCC1Cc2c1ccc1c2CCC(O)C1)OC. The quantitative estimate of drug-likeness (QED) is 0.839. The number of aliphatic hydroxyl groups is 1. The highest BCUT2D eigenvalue weighted by molar-refractivity contribution is 5.50. The van der Waals surface area contributed by atoms with Gasteiger partial charge < -0.3 is 9.84 Å². The Morgan fingerprint density at radius 1 is 1.38 bits per heavy atom. The Morgan fingerprint density at radius 3 is 2.90 bits per heavy atom. The van der Waals surface area contributed by atoms with Gasteiger partial charge in [0.25, 0.3) is 0 Å². The molecule has 21 heavy (non-hydrogen) atoms. The largest absolute Gasteiger partial charge is 0.393 e. The van der Waals surface area contributed by atoms with Gasteiger partial charge in [-0.1, -0.05) is 24.3 Å². The second kappa shape index (κ2) is 5.94. The van der Waals surface area contributed by atoms with Crippen molar-refractivity contribution in [3.8, 4) is 0 Å². The Labute approximate surface area is 127 Å². The van der Waals surface area contributed by atoms with Crippen molar-refractivity contribution in [2.75, 3.05) is 7.11 Å². The second-order valence-corrected chi connectivity index (χ2v) is 6.72. The maximum atomic E-state index is 9.79. The molecule has 0 aromatic heterocycles. The molecule has 0 saturated carbocycles. The third-order valence-corrected chi connectivity index (χ3v) is 5.25. The Morgan fingerprint density at radius 2 is 2.19 bits per heavy atom. The van der Waals surface area contributed by atoms with Crippen molar-refractivity contribution in [3.05, 3.63) is 46.5 Å². The number of methoxy groups -OCH3 is 1. The summed E-state index contributed by atoms with van der Waals surface area (Å²) in [5, 5.41) is 9.79. The number of ether oxygens (including phenoxy) is 1. The van der Waals surface area contributed by atoms with Gasteiger partial charge in [-0.05, 0) is 73.6 Å². The van der Waals surface area contributed by atoms with E-state index >= 15 is 0 Å². The molecular weight excluding hydrogens is 260 g/mol. The van der Waals surface area contributed by atoms with Gasteiger partial charge in [-0.3, -0.25) is 0 Å². The topological polar surface area (TPSA) is 29.5 Å². The Balaban J connectivity index is 1.67. The van der Waals surface area contributed by atoms with E-state index in [1.54, 1.807) is 18.2 Å². The summed E-state index contributed by atoms with van der Waals surface area (Å²) in [4.78, 5) is 0. The van der Waals surface area contributed by atoms with Crippen LogP contribution in [0, 0.1) is 0 Å². The molecule has 0 aliphatic heterocycles. The molecule has 0 spiro atoms. The van der Waals surface area contributed by atoms with Gasteiger partial charge in [0.05, 0.1) is 12.2 Å². The molecule has 0 amide bonds. The molecule has 0 bridgehead atoms. The fraction of sp³-hybridized carbons (Fsp3) is 0.579. The normalized spacial score (nSPS) is 24.7. The minimum atomic E-state index is -0.135. The molecule has 2 heteroatoms. The lowest BCUT2D eigenvalue weighted by molar-refractivity contribution is 0.120. The average molecular weight is 286 g/mol. The van der Waals surface area contributed by atoms with E-state index in [2.05, 4.69) is 18.7 Å².